The van der Waals surface area contributed by atoms with Crippen LogP contribution < -0.4 is 0 Å². The van der Waals surface area contributed by atoms with Crippen molar-refractivity contribution in [2.24, 2.45) is 0 Å². The maximum atomic E-state index is 9.81. The van der Waals surface area contributed by atoms with Crippen molar-refractivity contribution in [2.75, 3.05) is 0 Å². The second-order valence-corrected chi connectivity index (χ2v) is 1.09. The van der Waals surface area contributed by atoms with E-state index in [0.717, 1.165) is 0 Å². The summed E-state index contributed by atoms with van der Waals surface area (Å²) in [5.74, 6) is -1.12. The third kappa shape index (κ3) is 9.24. The van der Waals surface area contributed by atoms with E-state index in [2.05, 4.69) is 4.74 Å². The van der Waals surface area contributed by atoms with Gasteiger partial charge in [0.25, 0.3) is 0 Å². The molecule has 0 heterocycles. The Balaban J connectivity index is 0. The van der Waals surface area contributed by atoms with Crippen molar-refractivity contribution in [3.63, 3.8) is 0 Å². The molecular formula is C4H9GaO3. The summed E-state index contributed by atoms with van der Waals surface area (Å²) in [6.07, 6.45) is 0. The maximum absolute atomic E-state index is 9.81. The second kappa shape index (κ2) is 4.92. The van der Waals surface area contributed by atoms with E-state index in [1.165, 1.54) is 13.8 Å². The fourth-order valence-corrected chi connectivity index (χ4v) is 0.202. The summed E-state index contributed by atoms with van der Waals surface area (Å²) in [5, 5.41) is 0. The summed E-state index contributed by atoms with van der Waals surface area (Å²) < 4.78 is 3.97. The van der Waals surface area contributed by atoms with Crippen molar-refractivity contribution in [3.05, 3.63) is 0 Å². The number of esters is 2. The molecule has 0 unspecified atom stereocenters. The summed E-state index contributed by atoms with van der Waals surface area (Å²) in [5.41, 5.74) is 0. The molecule has 0 aromatic carbocycles. The molecule has 0 aliphatic rings. The third-order valence-electron chi connectivity index (χ3n) is 0.287. The van der Waals surface area contributed by atoms with Crippen molar-refractivity contribution in [1.82, 2.24) is 0 Å². The zero-order valence-electron chi connectivity index (χ0n) is 4.22. The van der Waals surface area contributed by atoms with Crippen LogP contribution in [0.5, 0.6) is 0 Å². The molecule has 0 rings (SSSR count). The van der Waals surface area contributed by atoms with E-state index >= 15 is 0 Å². The minimum atomic E-state index is -0.562. The van der Waals surface area contributed by atoms with Gasteiger partial charge in [0.05, 0.1) is 0 Å². The monoisotopic (exact) mass is 174 g/mol. The summed E-state index contributed by atoms with van der Waals surface area (Å²) >= 11 is 0. The zero-order chi connectivity index (χ0) is 5.86. The van der Waals surface area contributed by atoms with Gasteiger partial charge in [-0.2, -0.15) is 0 Å². The van der Waals surface area contributed by atoms with Gasteiger partial charge >= 0.3 is 31.7 Å². The van der Waals surface area contributed by atoms with Crippen LogP contribution in [0.4, 0.5) is 0 Å². The van der Waals surface area contributed by atoms with E-state index in [9.17, 15) is 9.59 Å². The molecule has 0 aromatic rings. The van der Waals surface area contributed by atoms with Gasteiger partial charge < -0.3 is 4.74 Å². The molecule has 4 heteroatoms. The van der Waals surface area contributed by atoms with E-state index in [1.807, 2.05) is 0 Å². The Morgan fingerprint density at radius 2 is 1.38 bits per heavy atom. The second-order valence-electron chi connectivity index (χ2n) is 1.09. The van der Waals surface area contributed by atoms with Gasteiger partial charge in [0.1, 0.15) is 0 Å². The predicted octanol–water partition coefficient (Wildman–Crippen LogP) is -1.09. The van der Waals surface area contributed by atoms with Gasteiger partial charge in [-0.15, -0.1) is 0 Å². The van der Waals surface area contributed by atoms with Crippen LogP contribution in [0.1, 0.15) is 13.8 Å². The van der Waals surface area contributed by atoms with Crippen LogP contribution in [-0.2, 0) is 14.3 Å². The number of rotatable bonds is 0. The topological polar surface area (TPSA) is 43.4 Å². The summed E-state index contributed by atoms with van der Waals surface area (Å²) in [7, 11) is 0. The standard InChI is InChI=1S/C4H6O3.Ga.3H/c1-3(5)7-4(2)6;;;;/h1-2H3;;;;. The molecule has 0 fully saturated rings. The number of carbonyl (C=O) groups excluding carboxylic acids is 2. The summed E-state index contributed by atoms with van der Waals surface area (Å²) in [4.78, 5) is 19.6. The van der Waals surface area contributed by atoms with Crippen LogP contribution in [0.15, 0.2) is 0 Å². The predicted molar refractivity (Wildman–Crippen MR) is 32.4 cm³/mol. The average Bonchev–Trinajstić information content (AvgIpc) is 1.27. The Hall–Kier alpha value is -0.224. The molecule has 0 saturated heterocycles. The molecule has 0 spiro atoms. The number of carbonyl (C=O) groups is 2. The van der Waals surface area contributed by atoms with Gasteiger partial charge in [-0.25, -0.2) is 0 Å². The van der Waals surface area contributed by atoms with Gasteiger partial charge in [-0.05, 0) is 0 Å². The molecule has 0 saturated carbocycles. The first-order valence-electron chi connectivity index (χ1n) is 1.82. The summed E-state index contributed by atoms with van der Waals surface area (Å²) in [6.45, 7) is 2.36. The van der Waals surface area contributed by atoms with Crippen molar-refractivity contribution in [2.45, 2.75) is 13.8 Å². The van der Waals surface area contributed by atoms with E-state index in [4.69, 9.17) is 0 Å². The van der Waals surface area contributed by atoms with Crippen LogP contribution in [0, 0.1) is 0 Å². The number of hydrogen-bond acceptors (Lipinski definition) is 3. The Kier molecular flexibility index (Phi) is 6.59. The molecule has 0 aliphatic heterocycles. The van der Waals surface area contributed by atoms with E-state index < -0.39 is 11.9 Å². The molecular weight excluding hydrogens is 166 g/mol. The molecule has 8 heavy (non-hydrogen) atoms. The zero-order valence-corrected chi connectivity index (χ0v) is 4.22. The van der Waals surface area contributed by atoms with Gasteiger partial charge in [0, 0.05) is 13.8 Å². The Morgan fingerprint density at radius 3 is 1.38 bits per heavy atom. The third-order valence-corrected chi connectivity index (χ3v) is 0.287. The molecule has 0 N–H and O–H groups in total. The Bertz CT molecular complexity index is 87.5. The first kappa shape index (κ1) is 10.7. The minimum absolute atomic E-state index is 0. The molecule has 0 radical (unpaired) electrons. The van der Waals surface area contributed by atoms with E-state index in [0.29, 0.717) is 0 Å². The van der Waals surface area contributed by atoms with Crippen molar-refractivity contribution in [1.29, 1.82) is 0 Å². The van der Waals surface area contributed by atoms with E-state index in [1.54, 1.807) is 0 Å². The first-order valence-corrected chi connectivity index (χ1v) is 1.82. The molecule has 0 amide bonds. The number of ether oxygens (including phenoxy) is 1. The molecule has 3 nitrogen and oxygen atoms in total. The van der Waals surface area contributed by atoms with Gasteiger partial charge in [0.2, 0.25) is 0 Å². The molecule has 0 aromatic heterocycles. The van der Waals surface area contributed by atoms with Crippen molar-refractivity contribution < 1.29 is 14.3 Å². The van der Waals surface area contributed by atoms with Gasteiger partial charge in [-0.3, -0.25) is 9.59 Å². The fraction of sp³-hybridized carbons (Fsp3) is 0.500. The van der Waals surface area contributed by atoms with Crippen LogP contribution in [0.3, 0.4) is 0 Å². The SMILES string of the molecule is CC(=O)OC(C)=O.[GaH3]. The fourth-order valence-electron chi connectivity index (χ4n) is 0.202. The average molecular weight is 175 g/mol. The van der Waals surface area contributed by atoms with Crippen LogP contribution in [0.2, 0.25) is 0 Å². The van der Waals surface area contributed by atoms with Crippen LogP contribution in [-0.4, -0.2) is 31.7 Å². The quantitative estimate of drug-likeness (QED) is 0.267. The molecule has 0 atom stereocenters. The molecule has 46 valence electrons. The van der Waals surface area contributed by atoms with Gasteiger partial charge in [-0.1, -0.05) is 0 Å². The molecule has 0 bridgehead atoms. The molecule has 0 aliphatic carbocycles. The number of hydrogen-bond donors (Lipinski definition) is 0. The van der Waals surface area contributed by atoms with Crippen molar-refractivity contribution in [3.8, 4) is 0 Å². The Labute approximate surface area is 60.5 Å². The normalized spacial score (nSPS) is 6.75. The first-order chi connectivity index (χ1) is 3.13. The Morgan fingerprint density at radius 1 is 1.12 bits per heavy atom. The van der Waals surface area contributed by atoms with Crippen LogP contribution in [0.25, 0.3) is 0 Å². The van der Waals surface area contributed by atoms with E-state index in [-0.39, 0.29) is 19.8 Å². The van der Waals surface area contributed by atoms with Crippen LogP contribution >= 0.6 is 0 Å². The van der Waals surface area contributed by atoms with Gasteiger partial charge in [0.15, 0.2) is 0 Å². The van der Waals surface area contributed by atoms with Crippen molar-refractivity contribution >= 4 is 31.7 Å². The summed E-state index contributed by atoms with van der Waals surface area (Å²) in [6, 6.07) is 0.